The number of aliphatic imine (C=N–C) groups is 1. The summed E-state index contributed by atoms with van der Waals surface area (Å²) in [5, 5.41) is 1.90. The summed E-state index contributed by atoms with van der Waals surface area (Å²) in [6.45, 7) is 2.05. The third kappa shape index (κ3) is 7.35. The van der Waals surface area contributed by atoms with Crippen LogP contribution in [0.2, 0.25) is 0 Å². The second-order valence-electron chi connectivity index (χ2n) is 7.91. The topological polar surface area (TPSA) is 72.4 Å². The zero-order chi connectivity index (χ0) is 25.3. The first-order valence-corrected chi connectivity index (χ1v) is 13.2. The lowest BCUT2D eigenvalue weighted by atomic mass is 10.3. The minimum atomic E-state index is -0.596. The average Bonchev–Trinajstić information content (AvgIpc) is 3.74. The molecule has 0 saturated heterocycles. The molecule has 1 N–H and O–H groups in total. The van der Waals surface area contributed by atoms with Gasteiger partial charge in [-0.2, -0.15) is 4.99 Å². The lowest BCUT2D eigenvalue weighted by Crippen LogP contribution is -2.31. The molecule has 188 valence electrons. The maximum absolute atomic E-state index is 11.8. The minimum Gasteiger partial charge on any atom is -0.497 e. The van der Waals surface area contributed by atoms with Gasteiger partial charge in [0.15, 0.2) is 0 Å². The van der Waals surface area contributed by atoms with Gasteiger partial charge >= 0.3 is 6.09 Å². The van der Waals surface area contributed by atoms with Gasteiger partial charge in [0, 0.05) is 19.6 Å². The Bertz CT molecular complexity index is 1180. The monoisotopic (exact) mass is 523 g/mol. The molecule has 1 aliphatic carbocycles. The minimum absolute atomic E-state index is 0.278. The van der Waals surface area contributed by atoms with Crippen LogP contribution in [-0.4, -0.2) is 44.3 Å². The van der Waals surface area contributed by atoms with Crippen LogP contribution in [-0.2, 0) is 4.74 Å². The summed E-state index contributed by atoms with van der Waals surface area (Å²) < 4.78 is 15.5. The number of hydrogen-bond donors (Lipinski definition) is 1. The number of nitrogens with zero attached hydrogens (tertiary/aromatic N) is 2. The number of hydrogen-bond acceptors (Lipinski definition) is 7. The normalized spacial score (nSPS) is 12.9. The molecule has 0 aliphatic heterocycles. The Hall–Kier alpha value is -3.30. The van der Waals surface area contributed by atoms with Crippen LogP contribution < -0.4 is 14.9 Å². The van der Waals surface area contributed by atoms with Crippen molar-refractivity contribution in [2.45, 2.75) is 45.4 Å². The van der Waals surface area contributed by atoms with Gasteiger partial charge in [0.25, 0.3) is 0 Å². The second kappa shape index (κ2) is 12.6. The molecule has 0 unspecified atom stereocenters. The van der Waals surface area contributed by atoms with Gasteiger partial charge < -0.3 is 14.2 Å². The third-order valence-corrected chi connectivity index (χ3v) is 7.36. The van der Waals surface area contributed by atoms with E-state index in [9.17, 15) is 4.79 Å². The van der Waals surface area contributed by atoms with E-state index in [0.717, 1.165) is 49.6 Å². The average molecular weight is 524 g/mol. The van der Waals surface area contributed by atoms with Crippen molar-refractivity contribution >= 4 is 41.6 Å². The maximum atomic E-state index is 11.8. The molecule has 1 aliphatic rings. The van der Waals surface area contributed by atoms with Crippen LogP contribution in [0.1, 0.15) is 19.8 Å². The Labute approximate surface area is 220 Å². The van der Waals surface area contributed by atoms with E-state index in [2.05, 4.69) is 28.6 Å². The Morgan fingerprint density at radius 2 is 1.53 bits per heavy atom. The van der Waals surface area contributed by atoms with E-state index in [1.807, 2.05) is 53.5 Å². The SMILES string of the molecule is CCOC(=O)/N=C/N(Nc1cc(Sc2ccc(OC)cc2)ccc1Sc1ccc(OC)cc1)C1CC1. The van der Waals surface area contributed by atoms with Crippen molar-refractivity contribution in [3.8, 4) is 11.5 Å². The second-order valence-corrected chi connectivity index (χ2v) is 10.2. The molecule has 7 nitrogen and oxygen atoms in total. The van der Waals surface area contributed by atoms with Gasteiger partial charge in [0.1, 0.15) is 17.8 Å². The lowest BCUT2D eigenvalue weighted by Gasteiger charge is -2.23. The number of carbonyl (C=O) groups is 1. The molecule has 1 fully saturated rings. The first kappa shape index (κ1) is 25.8. The summed E-state index contributed by atoms with van der Waals surface area (Å²) in [7, 11) is 3.32. The summed E-state index contributed by atoms with van der Waals surface area (Å²) >= 11 is 3.32. The molecule has 0 heterocycles. The number of carbonyl (C=O) groups excluding carboxylic acids is 1. The fourth-order valence-corrected chi connectivity index (χ4v) is 5.01. The van der Waals surface area contributed by atoms with E-state index in [4.69, 9.17) is 14.2 Å². The molecular formula is C27H29N3O4S2. The quantitative estimate of drug-likeness (QED) is 0.164. The first-order valence-electron chi connectivity index (χ1n) is 11.6. The number of methoxy groups -OCH3 is 2. The molecule has 0 atom stereocenters. The van der Waals surface area contributed by atoms with Crippen molar-refractivity contribution in [3.05, 3.63) is 66.7 Å². The van der Waals surface area contributed by atoms with Crippen LogP contribution in [0.5, 0.6) is 11.5 Å². The van der Waals surface area contributed by atoms with Gasteiger partial charge in [-0.1, -0.05) is 23.5 Å². The standard InChI is InChI=1S/C27H29N3O4S2/c1-4-34-27(31)28-18-30(19-5-6-19)29-25-17-24(35-22-11-7-20(32-2)8-12-22)15-16-26(25)36-23-13-9-21(33-3)10-14-23/h7-19,29H,4-6H2,1-3H3/b28-18+. The predicted octanol–water partition coefficient (Wildman–Crippen LogP) is 6.98. The molecule has 3 aromatic rings. The van der Waals surface area contributed by atoms with E-state index >= 15 is 0 Å². The zero-order valence-electron chi connectivity index (χ0n) is 20.5. The Morgan fingerprint density at radius 3 is 2.08 bits per heavy atom. The highest BCUT2D eigenvalue weighted by Gasteiger charge is 2.28. The van der Waals surface area contributed by atoms with Gasteiger partial charge in [-0.3, -0.25) is 10.4 Å². The summed E-state index contributed by atoms with van der Waals surface area (Å²) in [5.41, 5.74) is 4.42. The van der Waals surface area contributed by atoms with E-state index in [1.54, 1.807) is 44.7 Å². The highest BCUT2D eigenvalue weighted by atomic mass is 32.2. The van der Waals surface area contributed by atoms with E-state index < -0.39 is 6.09 Å². The number of rotatable bonds is 11. The summed E-state index contributed by atoms with van der Waals surface area (Å²) in [6.07, 6.45) is 2.99. The molecule has 0 aromatic heterocycles. The van der Waals surface area contributed by atoms with Crippen molar-refractivity contribution in [3.63, 3.8) is 0 Å². The number of anilines is 1. The van der Waals surface area contributed by atoms with Crippen molar-refractivity contribution in [2.75, 3.05) is 26.3 Å². The number of ether oxygens (including phenoxy) is 3. The van der Waals surface area contributed by atoms with Crippen LogP contribution in [0, 0.1) is 0 Å². The van der Waals surface area contributed by atoms with Crippen molar-refractivity contribution < 1.29 is 19.0 Å². The molecule has 0 bridgehead atoms. The van der Waals surface area contributed by atoms with E-state index in [-0.39, 0.29) is 6.04 Å². The largest absolute Gasteiger partial charge is 0.497 e. The van der Waals surface area contributed by atoms with Crippen LogP contribution in [0.25, 0.3) is 0 Å². The molecule has 9 heteroatoms. The number of amides is 1. The zero-order valence-corrected chi connectivity index (χ0v) is 22.1. The Morgan fingerprint density at radius 1 is 0.944 bits per heavy atom. The number of nitrogens with one attached hydrogen (secondary N) is 1. The van der Waals surface area contributed by atoms with E-state index in [1.165, 1.54) is 6.34 Å². The van der Waals surface area contributed by atoms with Gasteiger partial charge in [-0.25, -0.2) is 4.79 Å². The lowest BCUT2D eigenvalue weighted by molar-refractivity contribution is 0.163. The predicted molar refractivity (Wildman–Crippen MR) is 145 cm³/mol. The number of hydrazine groups is 1. The Kier molecular flexibility index (Phi) is 9.02. The van der Waals surface area contributed by atoms with Crippen LogP contribution >= 0.6 is 23.5 Å². The van der Waals surface area contributed by atoms with Gasteiger partial charge in [-0.15, -0.1) is 0 Å². The van der Waals surface area contributed by atoms with Gasteiger partial charge in [0.2, 0.25) is 0 Å². The Balaban J connectivity index is 1.59. The molecular weight excluding hydrogens is 494 g/mol. The van der Waals surface area contributed by atoms with Crippen molar-refractivity contribution in [1.29, 1.82) is 0 Å². The van der Waals surface area contributed by atoms with Crippen LogP contribution in [0.15, 0.2) is 91.3 Å². The van der Waals surface area contributed by atoms with E-state index in [0.29, 0.717) is 6.61 Å². The van der Waals surface area contributed by atoms with Crippen molar-refractivity contribution in [1.82, 2.24) is 5.01 Å². The number of benzene rings is 3. The van der Waals surface area contributed by atoms with Crippen molar-refractivity contribution in [2.24, 2.45) is 4.99 Å². The molecule has 0 spiro atoms. The highest BCUT2D eigenvalue weighted by molar-refractivity contribution is 8.00. The maximum Gasteiger partial charge on any atom is 0.435 e. The van der Waals surface area contributed by atoms with Gasteiger partial charge in [-0.05, 0) is 86.5 Å². The first-order chi connectivity index (χ1) is 17.6. The smallest absolute Gasteiger partial charge is 0.435 e. The van der Waals surface area contributed by atoms with Crippen LogP contribution in [0.4, 0.5) is 10.5 Å². The fourth-order valence-electron chi connectivity index (χ4n) is 3.28. The third-order valence-electron chi connectivity index (χ3n) is 5.28. The summed E-state index contributed by atoms with van der Waals surface area (Å²) in [4.78, 5) is 20.1. The molecule has 1 amide bonds. The molecule has 1 saturated carbocycles. The highest BCUT2D eigenvalue weighted by Crippen LogP contribution is 2.39. The summed E-state index contributed by atoms with van der Waals surface area (Å²) in [6, 6.07) is 22.6. The molecule has 4 rings (SSSR count). The molecule has 0 radical (unpaired) electrons. The van der Waals surface area contributed by atoms with Crippen LogP contribution in [0.3, 0.4) is 0 Å². The fraction of sp³-hybridized carbons (Fsp3) is 0.259. The molecule has 3 aromatic carbocycles. The van der Waals surface area contributed by atoms with Gasteiger partial charge in [0.05, 0.1) is 32.6 Å². The molecule has 36 heavy (non-hydrogen) atoms. The summed E-state index contributed by atoms with van der Waals surface area (Å²) in [5.74, 6) is 1.65.